The maximum absolute atomic E-state index is 12.7. The molecule has 0 aliphatic carbocycles. The molecule has 27 heavy (non-hydrogen) atoms. The molecule has 1 fully saturated rings. The average Bonchev–Trinajstić information content (AvgIpc) is 2.66. The average molecular weight is 399 g/mol. The van der Waals surface area contributed by atoms with E-state index in [1.807, 2.05) is 30.3 Å². The quantitative estimate of drug-likeness (QED) is 0.855. The number of carbonyl (C=O) groups excluding carboxylic acids is 1. The van der Waals surface area contributed by atoms with Gasteiger partial charge in [-0.25, -0.2) is 9.78 Å². The Morgan fingerprint density at radius 2 is 1.81 bits per heavy atom. The number of halogens is 4. The van der Waals surface area contributed by atoms with Gasteiger partial charge in [0.05, 0.1) is 10.6 Å². The molecule has 0 atom stereocenters. The van der Waals surface area contributed by atoms with Crippen molar-refractivity contribution < 1.29 is 18.0 Å². The lowest BCUT2D eigenvalue weighted by Crippen LogP contribution is -2.52. The first-order valence-electron chi connectivity index (χ1n) is 8.39. The van der Waals surface area contributed by atoms with Gasteiger partial charge in [-0.3, -0.25) is 0 Å². The molecule has 1 aliphatic rings. The fourth-order valence-corrected chi connectivity index (χ4v) is 3.11. The number of hydrogen-bond acceptors (Lipinski definition) is 3. The summed E-state index contributed by atoms with van der Waals surface area (Å²) in [6.45, 7) is 2.18. The zero-order chi connectivity index (χ0) is 19.4. The molecule has 0 bridgehead atoms. The number of hydrogen-bond donors (Lipinski definition) is 1. The van der Waals surface area contributed by atoms with E-state index in [2.05, 4.69) is 10.3 Å². The third kappa shape index (κ3) is 4.82. The van der Waals surface area contributed by atoms with Crippen molar-refractivity contribution >= 4 is 23.4 Å². The molecule has 0 spiro atoms. The summed E-state index contributed by atoms with van der Waals surface area (Å²) in [7, 11) is 0. The molecule has 1 aromatic carbocycles. The molecular formula is C18H18ClF3N4O. The van der Waals surface area contributed by atoms with Crippen LogP contribution in [-0.4, -0.2) is 42.1 Å². The number of aromatic nitrogens is 1. The molecule has 0 unspecified atom stereocenters. The maximum atomic E-state index is 12.7. The van der Waals surface area contributed by atoms with E-state index in [9.17, 15) is 18.0 Å². The second kappa shape index (κ2) is 8.04. The number of rotatable bonds is 3. The van der Waals surface area contributed by atoms with E-state index in [4.69, 9.17) is 11.6 Å². The van der Waals surface area contributed by atoms with Crippen molar-refractivity contribution in [3.05, 3.63) is 58.7 Å². The van der Waals surface area contributed by atoms with E-state index in [0.29, 0.717) is 38.5 Å². The number of nitrogens with one attached hydrogen (secondary N) is 1. The summed E-state index contributed by atoms with van der Waals surface area (Å²) in [6.07, 6.45) is -3.70. The third-order valence-corrected chi connectivity index (χ3v) is 4.58. The first-order chi connectivity index (χ1) is 12.8. The van der Waals surface area contributed by atoms with Crippen LogP contribution in [-0.2, 0) is 12.7 Å². The van der Waals surface area contributed by atoms with Crippen LogP contribution < -0.4 is 10.2 Å². The molecule has 2 amide bonds. The predicted molar refractivity (Wildman–Crippen MR) is 96.7 cm³/mol. The van der Waals surface area contributed by atoms with E-state index in [1.54, 1.807) is 9.80 Å². The molecule has 1 aliphatic heterocycles. The Bertz CT molecular complexity index is 793. The molecule has 0 radical (unpaired) electrons. The topological polar surface area (TPSA) is 48.5 Å². The van der Waals surface area contributed by atoms with Crippen LogP contribution >= 0.6 is 11.6 Å². The smallest absolute Gasteiger partial charge is 0.352 e. The fraction of sp³-hybridized carbons (Fsp3) is 0.333. The van der Waals surface area contributed by atoms with Gasteiger partial charge in [0.15, 0.2) is 0 Å². The number of piperazine rings is 1. The van der Waals surface area contributed by atoms with Crippen molar-refractivity contribution in [3.63, 3.8) is 0 Å². The summed E-state index contributed by atoms with van der Waals surface area (Å²) in [5, 5.41) is 2.81. The summed E-state index contributed by atoms with van der Waals surface area (Å²) < 4.78 is 38.1. The minimum Gasteiger partial charge on any atom is -0.352 e. The van der Waals surface area contributed by atoms with Gasteiger partial charge in [0.1, 0.15) is 5.82 Å². The van der Waals surface area contributed by atoms with Crippen molar-refractivity contribution in [2.45, 2.75) is 12.7 Å². The van der Waals surface area contributed by atoms with E-state index < -0.39 is 11.7 Å². The first kappa shape index (κ1) is 19.3. The molecule has 3 rings (SSSR count). The highest BCUT2D eigenvalue weighted by Gasteiger charge is 2.32. The van der Waals surface area contributed by atoms with Crippen LogP contribution in [0.2, 0.25) is 5.02 Å². The SMILES string of the molecule is O=C(NCc1ccccc1)N1CCN(c2ncc(C(F)(F)F)cc2Cl)CC1. The number of nitrogens with zero attached hydrogens (tertiary/aromatic N) is 3. The van der Waals surface area contributed by atoms with Gasteiger partial charge in [0, 0.05) is 38.9 Å². The largest absolute Gasteiger partial charge is 0.417 e. The maximum Gasteiger partial charge on any atom is 0.417 e. The number of pyridine rings is 1. The second-order valence-corrected chi connectivity index (χ2v) is 6.55. The molecule has 0 saturated carbocycles. The van der Waals surface area contributed by atoms with Crippen LogP contribution in [0.25, 0.3) is 0 Å². The third-order valence-electron chi connectivity index (χ3n) is 4.30. The van der Waals surface area contributed by atoms with Gasteiger partial charge in [-0.1, -0.05) is 41.9 Å². The van der Waals surface area contributed by atoms with Crippen LogP contribution in [0.3, 0.4) is 0 Å². The number of benzene rings is 1. The van der Waals surface area contributed by atoms with Gasteiger partial charge in [0.25, 0.3) is 0 Å². The van der Waals surface area contributed by atoms with Crippen molar-refractivity contribution in [2.75, 3.05) is 31.1 Å². The molecule has 2 aromatic rings. The molecule has 1 N–H and O–H groups in total. The highest BCUT2D eigenvalue weighted by molar-refractivity contribution is 6.33. The Labute approximate surface area is 159 Å². The van der Waals surface area contributed by atoms with Crippen LogP contribution in [0, 0.1) is 0 Å². The van der Waals surface area contributed by atoms with Gasteiger partial charge >= 0.3 is 12.2 Å². The normalized spacial score (nSPS) is 15.0. The van der Waals surface area contributed by atoms with Crippen molar-refractivity contribution in [2.24, 2.45) is 0 Å². The predicted octanol–water partition coefficient (Wildman–Crippen LogP) is 3.79. The Morgan fingerprint density at radius 3 is 2.41 bits per heavy atom. The zero-order valence-corrected chi connectivity index (χ0v) is 15.1. The van der Waals surface area contributed by atoms with E-state index in [1.165, 1.54) is 0 Å². The number of anilines is 1. The molecule has 1 saturated heterocycles. The van der Waals surface area contributed by atoms with Crippen LogP contribution in [0.1, 0.15) is 11.1 Å². The summed E-state index contributed by atoms with van der Waals surface area (Å²) >= 11 is 5.99. The molecular weight excluding hydrogens is 381 g/mol. The fourth-order valence-electron chi connectivity index (χ4n) is 2.83. The minimum atomic E-state index is -4.48. The Hall–Kier alpha value is -2.48. The lowest BCUT2D eigenvalue weighted by atomic mass is 10.2. The van der Waals surface area contributed by atoms with Crippen LogP contribution in [0.4, 0.5) is 23.8 Å². The van der Waals surface area contributed by atoms with Gasteiger partial charge in [-0.15, -0.1) is 0 Å². The van der Waals surface area contributed by atoms with Crippen molar-refractivity contribution in [3.8, 4) is 0 Å². The molecule has 144 valence electrons. The lowest BCUT2D eigenvalue weighted by molar-refractivity contribution is -0.137. The zero-order valence-electron chi connectivity index (χ0n) is 14.3. The molecule has 9 heteroatoms. The van der Waals surface area contributed by atoms with E-state index >= 15 is 0 Å². The van der Waals surface area contributed by atoms with Crippen molar-refractivity contribution in [1.82, 2.24) is 15.2 Å². The number of alkyl halides is 3. The number of urea groups is 1. The summed E-state index contributed by atoms with van der Waals surface area (Å²) in [5.41, 5.74) is 0.125. The van der Waals surface area contributed by atoms with Gasteiger partial charge in [-0.2, -0.15) is 13.2 Å². The summed E-state index contributed by atoms with van der Waals surface area (Å²) in [4.78, 5) is 19.6. The van der Waals surface area contributed by atoms with Crippen molar-refractivity contribution in [1.29, 1.82) is 0 Å². The van der Waals surface area contributed by atoms with Gasteiger partial charge in [0.2, 0.25) is 0 Å². The standard InChI is InChI=1S/C18H18ClF3N4O/c19-15-10-14(18(20,21)22)12-23-16(15)25-6-8-26(9-7-25)17(27)24-11-13-4-2-1-3-5-13/h1-5,10,12H,6-9,11H2,(H,24,27). The van der Waals surface area contributed by atoms with Gasteiger partial charge in [-0.05, 0) is 11.6 Å². The molecule has 5 nitrogen and oxygen atoms in total. The Kier molecular flexibility index (Phi) is 5.74. The molecule has 2 heterocycles. The highest BCUT2D eigenvalue weighted by atomic mass is 35.5. The van der Waals surface area contributed by atoms with Crippen LogP contribution in [0.15, 0.2) is 42.6 Å². The number of amides is 2. The minimum absolute atomic E-state index is 0.0493. The van der Waals surface area contributed by atoms with E-state index in [0.717, 1.165) is 17.8 Å². The first-order valence-corrected chi connectivity index (χ1v) is 8.77. The second-order valence-electron chi connectivity index (χ2n) is 6.15. The Morgan fingerprint density at radius 1 is 1.15 bits per heavy atom. The molecule has 1 aromatic heterocycles. The lowest BCUT2D eigenvalue weighted by Gasteiger charge is -2.35. The van der Waals surface area contributed by atoms with E-state index in [-0.39, 0.29) is 11.1 Å². The van der Waals surface area contributed by atoms with Gasteiger partial charge < -0.3 is 15.1 Å². The summed E-state index contributed by atoms with van der Waals surface area (Å²) in [6, 6.07) is 10.3. The number of carbonyl (C=O) groups is 1. The summed E-state index contributed by atoms with van der Waals surface area (Å²) in [5.74, 6) is 0.300. The Balaban J connectivity index is 1.55. The monoisotopic (exact) mass is 398 g/mol. The van der Waals surface area contributed by atoms with Crippen LogP contribution in [0.5, 0.6) is 0 Å². The highest BCUT2D eigenvalue weighted by Crippen LogP contribution is 2.33.